The number of nitrogens with zero attached hydrogens (tertiary/aromatic N) is 5. The van der Waals surface area contributed by atoms with Crippen LogP contribution in [0.4, 0.5) is 15.9 Å². The minimum absolute atomic E-state index is 0.0694. The lowest BCUT2D eigenvalue weighted by atomic mass is 10.0. The number of aromatic nitrogens is 1. The van der Waals surface area contributed by atoms with Crippen LogP contribution in [0.2, 0.25) is 0 Å². The van der Waals surface area contributed by atoms with Crippen LogP contribution in [0.1, 0.15) is 42.1 Å². The molecule has 2 aromatic carbocycles. The van der Waals surface area contributed by atoms with E-state index < -0.39 is 0 Å². The Labute approximate surface area is 248 Å². The van der Waals surface area contributed by atoms with Gasteiger partial charge in [0.2, 0.25) is 0 Å². The molecular weight excluding hydrogens is 558 g/mol. The molecule has 41 heavy (non-hydrogen) atoms. The predicted molar refractivity (Wildman–Crippen MR) is 167 cm³/mol. The number of amides is 1. The molecule has 0 aliphatic carbocycles. The summed E-state index contributed by atoms with van der Waals surface area (Å²) in [7, 11) is 0. The summed E-state index contributed by atoms with van der Waals surface area (Å²) in [6.45, 7) is 8.50. The van der Waals surface area contributed by atoms with Crippen molar-refractivity contribution in [2.45, 2.75) is 33.4 Å². The molecule has 2 saturated heterocycles. The Morgan fingerprint density at radius 3 is 2.29 bits per heavy atom. The van der Waals surface area contributed by atoms with Gasteiger partial charge in [-0.1, -0.05) is 54.3 Å². The maximum Gasteiger partial charge on any atom is 0.270 e. The van der Waals surface area contributed by atoms with Crippen molar-refractivity contribution < 1.29 is 9.18 Å². The first-order valence-corrected chi connectivity index (χ1v) is 14.7. The Hall–Kier alpha value is -3.94. The maximum atomic E-state index is 13.7. The molecule has 0 saturated carbocycles. The molecule has 2 fully saturated rings. The van der Waals surface area contributed by atoms with E-state index in [4.69, 9.17) is 12.2 Å². The highest BCUT2D eigenvalue weighted by molar-refractivity contribution is 8.26. The Balaban J connectivity index is 1.53. The smallest absolute Gasteiger partial charge is 0.270 e. The van der Waals surface area contributed by atoms with Crippen LogP contribution in [0, 0.1) is 24.1 Å². The number of nitriles is 1. The number of anilines is 2. The molecule has 0 bridgehead atoms. The molecule has 10 heteroatoms. The van der Waals surface area contributed by atoms with Gasteiger partial charge in [-0.3, -0.25) is 19.1 Å². The molecule has 0 N–H and O–H groups in total. The number of benzene rings is 2. The van der Waals surface area contributed by atoms with Crippen LogP contribution in [-0.2, 0) is 11.3 Å². The van der Waals surface area contributed by atoms with Gasteiger partial charge in [0.25, 0.3) is 11.5 Å². The van der Waals surface area contributed by atoms with Gasteiger partial charge in [0.05, 0.1) is 10.9 Å². The van der Waals surface area contributed by atoms with Gasteiger partial charge in [-0.2, -0.15) is 5.26 Å². The van der Waals surface area contributed by atoms with Crippen LogP contribution in [0.5, 0.6) is 0 Å². The number of carbonyl (C=O) groups excluding carboxylic acids is 1. The average molecular weight is 588 g/mol. The van der Waals surface area contributed by atoms with Gasteiger partial charge < -0.3 is 9.80 Å². The third-order valence-corrected chi connectivity index (χ3v) is 9.03. The number of pyridine rings is 1. The molecule has 1 unspecified atom stereocenters. The second kappa shape index (κ2) is 11.9. The molecule has 7 nitrogen and oxygen atoms in total. The van der Waals surface area contributed by atoms with Gasteiger partial charge in [0, 0.05) is 44.0 Å². The summed E-state index contributed by atoms with van der Waals surface area (Å²) in [6, 6.07) is 18.0. The van der Waals surface area contributed by atoms with E-state index in [2.05, 4.69) is 15.9 Å². The quantitative estimate of drug-likeness (QED) is 0.280. The summed E-state index contributed by atoms with van der Waals surface area (Å²) in [4.78, 5) is 33.5. The van der Waals surface area contributed by atoms with Gasteiger partial charge in [0.1, 0.15) is 27.6 Å². The lowest BCUT2D eigenvalue weighted by Gasteiger charge is -2.39. The Morgan fingerprint density at radius 2 is 1.68 bits per heavy atom. The van der Waals surface area contributed by atoms with Crippen molar-refractivity contribution in [3.05, 3.63) is 97.9 Å². The highest BCUT2D eigenvalue weighted by atomic mass is 32.2. The summed E-state index contributed by atoms with van der Waals surface area (Å²) >= 11 is 6.88. The minimum Gasteiger partial charge on any atom is -0.368 e. The largest absolute Gasteiger partial charge is 0.368 e. The highest BCUT2D eigenvalue weighted by Crippen LogP contribution is 2.40. The molecule has 0 spiro atoms. The van der Waals surface area contributed by atoms with Crippen molar-refractivity contribution in [2.75, 3.05) is 36.0 Å². The summed E-state index contributed by atoms with van der Waals surface area (Å²) in [5.41, 5.74) is 2.86. The number of hydrogen-bond donors (Lipinski definition) is 0. The zero-order valence-electron chi connectivity index (χ0n) is 23.1. The number of piperazine rings is 1. The number of carbonyl (C=O) groups is 1. The van der Waals surface area contributed by atoms with E-state index in [1.54, 1.807) is 34.6 Å². The van der Waals surface area contributed by atoms with E-state index in [0.717, 1.165) is 11.3 Å². The molecule has 210 valence electrons. The summed E-state index contributed by atoms with van der Waals surface area (Å²) < 4.78 is 15.5. The van der Waals surface area contributed by atoms with Gasteiger partial charge in [-0.05, 0) is 62.2 Å². The van der Waals surface area contributed by atoms with E-state index in [-0.39, 0.29) is 28.9 Å². The standard InChI is InChI=1S/C31H30FN5O2S2/c1-4-36-28(35-16-14-34(15-17-35)24-12-10-23(32)11-13-24)25(20(2)26(19-33)29(36)38)18-27-30(39)37(31(40)41-27)21(3)22-8-6-5-7-9-22/h5-13,18,21H,4,14-17H2,1-3H3/b27-18-. The Morgan fingerprint density at radius 1 is 1.05 bits per heavy atom. The molecule has 3 heterocycles. The van der Waals surface area contributed by atoms with Crippen molar-refractivity contribution in [2.24, 2.45) is 0 Å². The highest BCUT2D eigenvalue weighted by Gasteiger charge is 2.37. The van der Waals surface area contributed by atoms with Gasteiger partial charge in [-0.25, -0.2) is 4.39 Å². The van der Waals surface area contributed by atoms with E-state index in [1.165, 1.54) is 23.9 Å². The predicted octanol–water partition coefficient (Wildman–Crippen LogP) is 5.48. The number of rotatable bonds is 6. The number of halogens is 1. The van der Waals surface area contributed by atoms with E-state index in [9.17, 15) is 19.2 Å². The summed E-state index contributed by atoms with van der Waals surface area (Å²) in [6.07, 6.45) is 1.79. The van der Waals surface area contributed by atoms with Gasteiger partial charge in [0.15, 0.2) is 0 Å². The fraction of sp³-hybridized carbons (Fsp3) is 0.290. The van der Waals surface area contributed by atoms with E-state index in [0.29, 0.717) is 58.9 Å². The van der Waals surface area contributed by atoms with E-state index >= 15 is 0 Å². The van der Waals surface area contributed by atoms with Crippen LogP contribution in [-0.4, -0.2) is 45.9 Å². The molecule has 1 atom stereocenters. The maximum absolute atomic E-state index is 13.7. The van der Waals surface area contributed by atoms with Crippen molar-refractivity contribution in [1.82, 2.24) is 9.47 Å². The molecule has 2 aliphatic rings. The van der Waals surface area contributed by atoms with Crippen LogP contribution < -0.4 is 15.4 Å². The average Bonchev–Trinajstić information content (AvgIpc) is 3.27. The normalized spacial score (nSPS) is 17.3. The first-order valence-electron chi connectivity index (χ1n) is 13.5. The molecule has 1 amide bonds. The third kappa shape index (κ3) is 5.39. The minimum atomic E-state index is -0.342. The number of thioether (sulfide) groups is 1. The van der Waals surface area contributed by atoms with Crippen LogP contribution in [0.3, 0.4) is 0 Å². The lowest BCUT2D eigenvalue weighted by Crippen LogP contribution is -2.48. The molecule has 0 radical (unpaired) electrons. The second-order valence-corrected chi connectivity index (χ2v) is 11.7. The molecule has 2 aliphatic heterocycles. The van der Waals surface area contributed by atoms with Crippen molar-refractivity contribution in [3.63, 3.8) is 0 Å². The van der Waals surface area contributed by atoms with Crippen molar-refractivity contribution >= 4 is 51.8 Å². The Kier molecular flexibility index (Phi) is 8.29. The van der Waals surface area contributed by atoms with Crippen LogP contribution in [0.25, 0.3) is 6.08 Å². The summed E-state index contributed by atoms with van der Waals surface area (Å²) in [5, 5.41) is 9.89. The number of hydrogen-bond acceptors (Lipinski definition) is 7. The molecule has 3 aromatic rings. The Bertz CT molecular complexity index is 1620. The molecule has 1 aromatic heterocycles. The van der Waals surface area contributed by atoms with Gasteiger partial charge >= 0.3 is 0 Å². The first-order chi connectivity index (χ1) is 19.7. The third-order valence-electron chi connectivity index (χ3n) is 7.70. The topological polar surface area (TPSA) is 72.6 Å². The summed E-state index contributed by atoms with van der Waals surface area (Å²) in [5.74, 6) is 0.213. The van der Waals surface area contributed by atoms with Gasteiger partial charge in [-0.15, -0.1) is 0 Å². The molecular formula is C31H30FN5O2S2. The fourth-order valence-electron chi connectivity index (χ4n) is 5.43. The SMILES string of the molecule is CCn1c(N2CCN(c3ccc(F)cc3)CC2)c(/C=C2\SC(=S)N(C(C)c3ccccc3)C2=O)c(C)c(C#N)c1=O. The zero-order valence-corrected chi connectivity index (χ0v) is 24.8. The lowest BCUT2D eigenvalue weighted by molar-refractivity contribution is -0.123. The fourth-order valence-corrected chi connectivity index (χ4v) is 6.83. The van der Waals surface area contributed by atoms with Crippen molar-refractivity contribution in [3.8, 4) is 6.07 Å². The molecule has 5 rings (SSSR count). The van der Waals surface area contributed by atoms with Crippen molar-refractivity contribution in [1.29, 1.82) is 5.26 Å². The zero-order chi connectivity index (χ0) is 29.3. The van der Waals surface area contributed by atoms with E-state index in [1.807, 2.05) is 44.2 Å². The second-order valence-electron chi connectivity index (χ2n) is 9.99. The van der Waals surface area contributed by atoms with Crippen LogP contribution >= 0.6 is 24.0 Å². The number of thiocarbonyl (C=S) groups is 1. The first kappa shape index (κ1) is 28.6. The van der Waals surface area contributed by atoms with Crippen LogP contribution in [0.15, 0.2) is 64.3 Å². The monoisotopic (exact) mass is 587 g/mol.